The van der Waals surface area contributed by atoms with E-state index in [0.717, 1.165) is 28.8 Å². The molecule has 0 amide bonds. The molecule has 0 aliphatic heterocycles. The van der Waals surface area contributed by atoms with Crippen LogP contribution in [0.4, 0.5) is 0 Å². The predicted octanol–water partition coefficient (Wildman–Crippen LogP) is 1.47. The summed E-state index contributed by atoms with van der Waals surface area (Å²) in [5, 5.41) is 5.64. The van der Waals surface area contributed by atoms with Crippen molar-refractivity contribution in [3.05, 3.63) is 23.9 Å². The number of benzene rings is 1. The Labute approximate surface area is 95.0 Å². The van der Waals surface area contributed by atoms with Crippen molar-refractivity contribution in [1.82, 2.24) is 9.78 Å². The third-order valence-corrected chi connectivity index (χ3v) is 2.65. The van der Waals surface area contributed by atoms with Crippen molar-refractivity contribution < 1.29 is 4.74 Å². The normalized spacial score (nSPS) is 13.0. The molecule has 0 spiro atoms. The molecule has 2 N–H and O–H groups in total. The number of aryl methyl sites for hydroxylation is 1. The van der Waals surface area contributed by atoms with Gasteiger partial charge < -0.3 is 10.5 Å². The van der Waals surface area contributed by atoms with E-state index in [-0.39, 0.29) is 6.04 Å². The highest BCUT2D eigenvalue weighted by Crippen LogP contribution is 2.23. The number of rotatable bonds is 3. The van der Waals surface area contributed by atoms with E-state index in [1.165, 1.54) is 0 Å². The third kappa shape index (κ3) is 1.88. The van der Waals surface area contributed by atoms with Gasteiger partial charge in [-0.1, -0.05) is 0 Å². The molecule has 1 atom stereocenters. The predicted molar refractivity (Wildman–Crippen MR) is 64.6 cm³/mol. The number of methoxy groups -OCH3 is 1. The fourth-order valence-corrected chi connectivity index (χ4v) is 1.89. The second kappa shape index (κ2) is 4.14. The maximum absolute atomic E-state index is 5.81. The Hall–Kier alpha value is -1.55. The first-order chi connectivity index (χ1) is 7.61. The molecule has 0 saturated heterocycles. The average Bonchev–Trinajstić information content (AvgIpc) is 2.54. The lowest BCUT2D eigenvalue weighted by Gasteiger charge is -2.02. The summed E-state index contributed by atoms with van der Waals surface area (Å²) in [6.45, 7) is 1.99. The summed E-state index contributed by atoms with van der Waals surface area (Å²) in [6, 6.07) is 6.11. The number of fused-ring (bicyclic) bond motifs is 1. The average molecular weight is 219 g/mol. The molecule has 86 valence electrons. The molecule has 0 saturated carbocycles. The van der Waals surface area contributed by atoms with E-state index in [2.05, 4.69) is 5.10 Å². The summed E-state index contributed by atoms with van der Waals surface area (Å²) in [5.41, 5.74) is 7.94. The number of aromatic nitrogens is 2. The van der Waals surface area contributed by atoms with Crippen LogP contribution >= 0.6 is 0 Å². The van der Waals surface area contributed by atoms with Crippen LogP contribution in [-0.2, 0) is 13.5 Å². The van der Waals surface area contributed by atoms with Crippen LogP contribution < -0.4 is 10.5 Å². The van der Waals surface area contributed by atoms with Gasteiger partial charge in [0.2, 0.25) is 0 Å². The van der Waals surface area contributed by atoms with Crippen LogP contribution in [0.15, 0.2) is 18.2 Å². The van der Waals surface area contributed by atoms with Crippen LogP contribution in [0.25, 0.3) is 10.9 Å². The van der Waals surface area contributed by atoms with E-state index < -0.39 is 0 Å². The van der Waals surface area contributed by atoms with Crippen LogP contribution in [0.2, 0.25) is 0 Å². The molecule has 1 heterocycles. The van der Waals surface area contributed by atoms with E-state index >= 15 is 0 Å². The molecule has 0 aliphatic carbocycles. The molecule has 2 aromatic rings. The maximum Gasteiger partial charge on any atom is 0.121 e. The zero-order valence-electron chi connectivity index (χ0n) is 9.90. The van der Waals surface area contributed by atoms with Crippen LogP contribution in [0, 0.1) is 0 Å². The van der Waals surface area contributed by atoms with Gasteiger partial charge in [-0.15, -0.1) is 0 Å². The minimum atomic E-state index is 0.125. The number of hydrogen-bond acceptors (Lipinski definition) is 3. The second-order valence-corrected chi connectivity index (χ2v) is 4.13. The molecular weight excluding hydrogens is 202 g/mol. The van der Waals surface area contributed by atoms with Crippen molar-refractivity contribution >= 4 is 10.9 Å². The lowest BCUT2D eigenvalue weighted by atomic mass is 10.1. The molecule has 16 heavy (non-hydrogen) atoms. The van der Waals surface area contributed by atoms with Gasteiger partial charge in [0.15, 0.2) is 0 Å². The molecular formula is C12H17N3O. The Balaban J connectivity index is 2.53. The second-order valence-electron chi connectivity index (χ2n) is 4.13. The largest absolute Gasteiger partial charge is 0.497 e. The maximum atomic E-state index is 5.81. The molecule has 1 aromatic carbocycles. The summed E-state index contributed by atoms with van der Waals surface area (Å²) in [5.74, 6) is 0.850. The van der Waals surface area contributed by atoms with E-state index in [0.29, 0.717) is 0 Å². The van der Waals surface area contributed by atoms with Gasteiger partial charge in [-0.25, -0.2) is 0 Å². The fourth-order valence-electron chi connectivity index (χ4n) is 1.89. The molecule has 0 radical (unpaired) electrons. The zero-order valence-corrected chi connectivity index (χ0v) is 9.90. The highest BCUT2D eigenvalue weighted by Gasteiger charge is 2.10. The van der Waals surface area contributed by atoms with Crippen LogP contribution in [0.1, 0.15) is 12.6 Å². The summed E-state index contributed by atoms with van der Waals surface area (Å²) >= 11 is 0. The van der Waals surface area contributed by atoms with Crippen LogP contribution in [0.3, 0.4) is 0 Å². The molecule has 1 aromatic heterocycles. The number of ether oxygens (including phenoxy) is 1. The first-order valence-corrected chi connectivity index (χ1v) is 5.37. The Morgan fingerprint density at radius 2 is 2.25 bits per heavy atom. The van der Waals surface area contributed by atoms with Crippen molar-refractivity contribution in [3.63, 3.8) is 0 Å². The van der Waals surface area contributed by atoms with E-state index in [1.54, 1.807) is 7.11 Å². The highest BCUT2D eigenvalue weighted by molar-refractivity contribution is 5.83. The zero-order chi connectivity index (χ0) is 11.7. The monoisotopic (exact) mass is 219 g/mol. The summed E-state index contributed by atoms with van der Waals surface area (Å²) in [4.78, 5) is 0. The lowest BCUT2D eigenvalue weighted by Crippen LogP contribution is -2.18. The molecule has 0 fully saturated rings. The number of hydrogen-bond donors (Lipinski definition) is 1. The number of nitrogens with zero attached hydrogens (tertiary/aromatic N) is 2. The van der Waals surface area contributed by atoms with Gasteiger partial charge >= 0.3 is 0 Å². The van der Waals surface area contributed by atoms with Gasteiger partial charge in [-0.2, -0.15) is 5.10 Å². The molecule has 0 aliphatic rings. The molecule has 4 nitrogen and oxygen atoms in total. The van der Waals surface area contributed by atoms with Gasteiger partial charge in [0.25, 0.3) is 0 Å². The Bertz CT molecular complexity index is 502. The molecule has 1 unspecified atom stereocenters. The van der Waals surface area contributed by atoms with Gasteiger partial charge in [0.1, 0.15) is 5.75 Å². The van der Waals surface area contributed by atoms with Crippen molar-refractivity contribution in [2.75, 3.05) is 7.11 Å². The highest BCUT2D eigenvalue weighted by atomic mass is 16.5. The van der Waals surface area contributed by atoms with Crippen molar-refractivity contribution in [2.45, 2.75) is 19.4 Å². The van der Waals surface area contributed by atoms with Crippen LogP contribution in [0.5, 0.6) is 5.75 Å². The topological polar surface area (TPSA) is 53.1 Å². The third-order valence-electron chi connectivity index (χ3n) is 2.65. The Morgan fingerprint density at radius 1 is 1.50 bits per heavy atom. The minimum Gasteiger partial charge on any atom is -0.497 e. The SMILES string of the molecule is COc1ccc2c(CC(C)N)nn(C)c2c1. The summed E-state index contributed by atoms with van der Waals surface area (Å²) < 4.78 is 7.07. The fraction of sp³-hybridized carbons (Fsp3) is 0.417. The smallest absolute Gasteiger partial charge is 0.121 e. The minimum absolute atomic E-state index is 0.125. The molecule has 2 rings (SSSR count). The molecule has 0 bridgehead atoms. The van der Waals surface area contributed by atoms with E-state index in [4.69, 9.17) is 10.5 Å². The van der Waals surface area contributed by atoms with Gasteiger partial charge in [0.05, 0.1) is 18.3 Å². The van der Waals surface area contributed by atoms with E-state index in [9.17, 15) is 0 Å². The van der Waals surface area contributed by atoms with Gasteiger partial charge in [-0.05, 0) is 19.1 Å². The lowest BCUT2D eigenvalue weighted by molar-refractivity contribution is 0.415. The van der Waals surface area contributed by atoms with E-state index in [1.807, 2.05) is 36.9 Å². The quantitative estimate of drug-likeness (QED) is 0.850. The van der Waals surface area contributed by atoms with Gasteiger partial charge in [-0.3, -0.25) is 4.68 Å². The van der Waals surface area contributed by atoms with Crippen molar-refractivity contribution in [2.24, 2.45) is 12.8 Å². The van der Waals surface area contributed by atoms with Gasteiger partial charge in [0, 0.05) is 31.0 Å². The molecule has 4 heteroatoms. The van der Waals surface area contributed by atoms with Crippen molar-refractivity contribution in [3.8, 4) is 5.75 Å². The van der Waals surface area contributed by atoms with Crippen LogP contribution in [-0.4, -0.2) is 22.9 Å². The Morgan fingerprint density at radius 3 is 2.88 bits per heavy atom. The first kappa shape index (κ1) is 11.0. The standard InChI is InChI=1S/C12H17N3O/c1-8(13)6-11-10-5-4-9(16-3)7-12(10)15(2)14-11/h4-5,7-8H,6,13H2,1-3H3. The Kier molecular flexibility index (Phi) is 2.83. The first-order valence-electron chi connectivity index (χ1n) is 5.37. The summed E-state index contributed by atoms with van der Waals surface area (Å²) in [7, 11) is 3.60. The van der Waals surface area contributed by atoms with Crippen molar-refractivity contribution in [1.29, 1.82) is 0 Å². The number of nitrogens with two attached hydrogens (primary N) is 1. The summed E-state index contributed by atoms with van der Waals surface area (Å²) in [6.07, 6.45) is 0.795.